The summed E-state index contributed by atoms with van der Waals surface area (Å²) < 4.78 is 22.7. The molecular weight excluding hydrogens is 286 g/mol. The number of hydrogen-bond donors (Lipinski definition) is 0. The molecule has 0 saturated carbocycles. The first-order valence-corrected chi connectivity index (χ1v) is 8.31. The summed E-state index contributed by atoms with van der Waals surface area (Å²) in [6.07, 6.45) is 0.828. The largest absolute Gasteiger partial charge is 0.339 e. The second-order valence-electron chi connectivity index (χ2n) is 4.65. The maximum Gasteiger partial charge on any atom is 0.261 e. The quantitative estimate of drug-likeness (QED) is 0.804. The zero-order valence-electron chi connectivity index (χ0n) is 11.5. The van der Waals surface area contributed by atoms with Crippen molar-refractivity contribution in [2.45, 2.75) is 38.1 Å². The maximum absolute atomic E-state index is 12.3. The summed E-state index contributed by atoms with van der Waals surface area (Å²) in [4.78, 5) is 13.8. The zero-order valence-corrected chi connectivity index (χ0v) is 13.0. The van der Waals surface area contributed by atoms with Crippen LogP contribution < -0.4 is 0 Å². The van der Waals surface area contributed by atoms with Crippen molar-refractivity contribution in [1.82, 2.24) is 4.90 Å². The Morgan fingerprint density at radius 3 is 2.42 bits per heavy atom. The van der Waals surface area contributed by atoms with Crippen molar-refractivity contribution < 1.29 is 13.2 Å². The third-order valence-corrected chi connectivity index (χ3v) is 4.48. The van der Waals surface area contributed by atoms with Crippen LogP contribution in [0.5, 0.6) is 0 Å². The molecule has 1 rings (SSSR count). The van der Waals surface area contributed by atoms with Crippen LogP contribution in [0.15, 0.2) is 23.1 Å². The van der Waals surface area contributed by atoms with Crippen molar-refractivity contribution in [1.29, 1.82) is 0 Å². The molecule has 19 heavy (non-hydrogen) atoms. The normalized spacial score (nSPS) is 13.1. The number of amides is 1. The van der Waals surface area contributed by atoms with Gasteiger partial charge in [-0.1, -0.05) is 6.92 Å². The SMILES string of the molecule is CCC(C)N(C)C(=O)c1cc(C)cc(S(=O)(=O)Cl)c1. The lowest BCUT2D eigenvalue weighted by Crippen LogP contribution is -2.34. The van der Waals surface area contributed by atoms with E-state index in [9.17, 15) is 13.2 Å². The Hall–Kier alpha value is -1.07. The number of carbonyl (C=O) groups is 1. The van der Waals surface area contributed by atoms with Gasteiger partial charge in [-0.25, -0.2) is 8.42 Å². The Bertz CT molecular complexity index is 584. The van der Waals surface area contributed by atoms with Crippen molar-refractivity contribution in [3.8, 4) is 0 Å². The van der Waals surface area contributed by atoms with E-state index in [-0.39, 0.29) is 16.8 Å². The minimum atomic E-state index is -3.83. The molecule has 0 saturated heterocycles. The average Bonchev–Trinajstić information content (AvgIpc) is 2.34. The van der Waals surface area contributed by atoms with Crippen LogP contribution in [0.3, 0.4) is 0 Å². The van der Waals surface area contributed by atoms with Gasteiger partial charge in [0.05, 0.1) is 4.90 Å². The first-order chi connectivity index (χ1) is 8.66. The lowest BCUT2D eigenvalue weighted by Gasteiger charge is -2.24. The van der Waals surface area contributed by atoms with E-state index in [1.165, 1.54) is 12.1 Å². The predicted octanol–water partition coefficient (Wildman–Crippen LogP) is 2.79. The van der Waals surface area contributed by atoms with E-state index < -0.39 is 9.05 Å². The van der Waals surface area contributed by atoms with E-state index in [1.54, 1.807) is 24.9 Å². The minimum absolute atomic E-state index is 0.0462. The van der Waals surface area contributed by atoms with E-state index in [1.807, 2.05) is 13.8 Å². The standard InChI is InChI=1S/C13H18ClNO3S/c1-5-10(3)15(4)13(16)11-6-9(2)7-12(8-11)19(14,17)18/h6-8,10H,5H2,1-4H3. The van der Waals surface area contributed by atoms with Gasteiger partial charge in [0.2, 0.25) is 0 Å². The molecule has 1 amide bonds. The lowest BCUT2D eigenvalue weighted by molar-refractivity contribution is 0.0740. The molecule has 4 nitrogen and oxygen atoms in total. The van der Waals surface area contributed by atoms with Crippen LogP contribution in [0, 0.1) is 6.92 Å². The second-order valence-corrected chi connectivity index (χ2v) is 7.21. The molecule has 0 spiro atoms. The topological polar surface area (TPSA) is 54.5 Å². The summed E-state index contributed by atoms with van der Waals surface area (Å²) in [5, 5.41) is 0. The van der Waals surface area contributed by atoms with Crippen LogP contribution in [0.1, 0.15) is 36.2 Å². The molecule has 1 unspecified atom stereocenters. The molecule has 0 radical (unpaired) electrons. The molecule has 0 aliphatic rings. The molecular formula is C13H18ClNO3S. The van der Waals surface area contributed by atoms with Gasteiger partial charge in [0.15, 0.2) is 0 Å². The molecule has 106 valence electrons. The fourth-order valence-corrected chi connectivity index (χ4v) is 2.55. The summed E-state index contributed by atoms with van der Waals surface area (Å²) in [5.74, 6) is -0.209. The van der Waals surface area contributed by atoms with E-state index >= 15 is 0 Å². The van der Waals surface area contributed by atoms with E-state index in [0.717, 1.165) is 6.42 Å². The number of benzene rings is 1. The molecule has 1 aromatic carbocycles. The summed E-state index contributed by atoms with van der Waals surface area (Å²) in [6, 6.07) is 4.51. The first kappa shape index (κ1) is 16.0. The van der Waals surface area contributed by atoms with Gasteiger partial charge in [-0.2, -0.15) is 0 Å². The lowest BCUT2D eigenvalue weighted by atomic mass is 10.1. The molecule has 0 heterocycles. The summed E-state index contributed by atoms with van der Waals surface area (Å²) in [7, 11) is 3.19. The van der Waals surface area contributed by atoms with E-state index in [0.29, 0.717) is 11.1 Å². The monoisotopic (exact) mass is 303 g/mol. The van der Waals surface area contributed by atoms with Gasteiger partial charge in [-0.15, -0.1) is 0 Å². The molecule has 1 atom stereocenters. The van der Waals surface area contributed by atoms with Crippen LogP contribution in [0.25, 0.3) is 0 Å². The van der Waals surface area contributed by atoms with Crippen LogP contribution in [-0.2, 0) is 9.05 Å². The molecule has 0 N–H and O–H groups in total. The Kier molecular flexibility index (Phi) is 4.98. The number of hydrogen-bond acceptors (Lipinski definition) is 3. The summed E-state index contributed by atoms with van der Waals surface area (Å²) in [6.45, 7) is 5.65. The maximum atomic E-state index is 12.3. The summed E-state index contributed by atoms with van der Waals surface area (Å²) >= 11 is 0. The van der Waals surface area contributed by atoms with Crippen molar-refractivity contribution in [3.05, 3.63) is 29.3 Å². The smallest absolute Gasteiger partial charge is 0.261 e. The Balaban J connectivity index is 3.22. The number of nitrogens with zero attached hydrogens (tertiary/aromatic N) is 1. The van der Waals surface area contributed by atoms with Gasteiger partial charge in [-0.3, -0.25) is 4.79 Å². The highest BCUT2D eigenvalue weighted by atomic mass is 35.7. The summed E-state index contributed by atoms with van der Waals surface area (Å²) in [5.41, 5.74) is 1.02. The number of halogens is 1. The molecule has 0 aliphatic heterocycles. The van der Waals surface area contributed by atoms with Gasteiger partial charge in [0.25, 0.3) is 15.0 Å². The minimum Gasteiger partial charge on any atom is -0.339 e. The van der Waals surface area contributed by atoms with Gasteiger partial charge in [-0.05, 0) is 44.0 Å². The molecule has 0 bridgehead atoms. The van der Waals surface area contributed by atoms with Crippen molar-refractivity contribution >= 4 is 25.6 Å². The number of rotatable bonds is 4. The van der Waals surface area contributed by atoms with Crippen LogP contribution in [-0.4, -0.2) is 32.3 Å². The zero-order chi connectivity index (χ0) is 14.8. The first-order valence-electron chi connectivity index (χ1n) is 6.00. The third-order valence-electron chi connectivity index (χ3n) is 3.15. The van der Waals surface area contributed by atoms with E-state index in [4.69, 9.17) is 10.7 Å². The van der Waals surface area contributed by atoms with Crippen molar-refractivity contribution in [2.24, 2.45) is 0 Å². The Morgan fingerprint density at radius 2 is 1.95 bits per heavy atom. The van der Waals surface area contributed by atoms with Crippen molar-refractivity contribution in [2.75, 3.05) is 7.05 Å². The second kappa shape index (κ2) is 5.92. The number of carbonyl (C=O) groups excluding carboxylic acids is 1. The number of aryl methyl sites for hydroxylation is 1. The average molecular weight is 304 g/mol. The molecule has 0 aliphatic carbocycles. The van der Waals surface area contributed by atoms with Crippen molar-refractivity contribution in [3.63, 3.8) is 0 Å². The molecule has 1 aromatic rings. The highest BCUT2D eigenvalue weighted by Gasteiger charge is 2.19. The van der Waals surface area contributed by atoms with Gasteiger partial charge >= 0.3 is 0 Å². The molecule has 0 aromatic heterocycles. The molecule has 6 heteroatoms. The molecule has 0 fully saturated rings. The van der Waals surface area contributed by atoms with Crippen LogP contribution >= 0.6 is 10.7 Å². The van der Waals surface area contributed by atoms with Gasteiger partial charge < -0.3 is 4.90 Å². The van der Waals surface area contributed by atoms with Crippen LogP contribution in [0.4, 0.5) is 0 Å². The highest BCUT2D eigenvalue weighted by Crippen LogP contribution is 2.20. The predicted molar refractivity (Wildman–Crippen MR) is 76.1 cm³/mol. The van der Waals surface area contributed by atoms with Gasteiger partial charge in [0.1, 0.15) is 0 Å². The van der Waals surface area contributed by atoms with Crippen LogP contribution in [0.2, 0.25) is 0 Å². The van der Waals surface area contributed by atoms with E-state index in [2.05, 4.69) is 0 Å². The fraction of sp³-hybridized carbons (Fsp3) is 0.462. The Morgan fingerprint density at radius 1 is 1.37 bits per heavy atom. The third kappa shape index (κ3) is 3.94. The van der Waals surface area contributed by atoms with Gasteiger partial charge in [0, 0.05) is 29.3 Å². The Labute approximate surface area is 118 Å². The highest BCUT2D eigenvalue weighted by molar-refractivity contribution is 8.13. The fourth-order valence-electron chi connectivity index (χ4n) is 1.69.